The summed E-state index contributed by atoms with van der Waals surface area (Å²) < 4.78 is 0. The second kappa shape index (κ2) is 11.1. The van der Waals surface area contributed by atoms with Crippen molar-refractivity contribution >= 4 is 11.8 Å². The summed E-state index contributed by atoms with van der Waals surface area (Å²) in [4.78, 5) is 27.5. The van der Waals surface area contributed by atoms with Crippen molar-refractivity contribution in [1.29, 1.82) is 0 Å². The lowest BCUT2D eigenvalue weighted by atomic mass is 10.0. The minimum absolute atomic E-state index is 0.0127. The van der Waals surface area contributed by atoms with Gasteiger partial charge in [0, 0.05) is 26.1 Å². The molecule has 144 valence electrons. The molecule has 2 aromatic carbocycles. The van der Waals surface area contributed by atoms with Gasteiger partial charge in [0.25, 0.3) is 0 Å². The van der Waals surface area contributed by atoms with Gasteiger partial charge in [-0.1, -0.05) is 67.6 Å². The van der Waals surface area contributed by atoms with Crippen LogP contribution in [0.5, 0.6) is 0 Å². The van der Waals surface area contributed by atoms with Crippen LogP contribution in [0.4, 0.5) is 0 Å². The van der Waals surface area contributed by atoms with Crippen LogP contribution in [-0.4, -0.2) is 35.0 Å². The van der Waals surface area contributed by atoms with Crippen LogP contribution in [0.1, 0.15) is 43.4 Å². The molecule has 0 fully saturated rings. The van der Waals surface area contributed by atoms with Crippen molar-refractivity contribution in [3.05, 3.63) is 71.8 Å². The lowest BCUT2D eigenvalue weighted by Gasteiger charge is -2.31. The van der Waals surface area contributed by atoms with Crippen LogP contribution in [-0.2, 0) is 16.1 Å². The highest BCUT2D eigenvalue weighted by Crippen LogP contribution is 2.25. The zero-order valence-corrected chi connectivity index (χ0v) is 15.8. The molecule has 2 N–H and O–H groups in total. The van der Waals surface area contributed by atoms with Gasteiger partial charge in [-0.2, -0.15) is 0 Å². The van der Waals surface area contributed by atoms with Gasteiger partial charge >= 0.3 is 0 Å². The lowest BCUT2D eigenvalue weighted by Crippen LogP contribution is -2.43. The third-order valence-electron chi connectivity index (χ3n) is 4.29. The van der Waals surface area contributed by atoms with Crippen LogP contribution in [0.15, 0.2) is 60.7 Å². The fraction of sp³-hybridized carbons (Fsp3) is 0.364. The molecule has 0 bridgehead atoms. The largest absolute Gasteiger partial charge is 0.396 e. The van der Waals surface area contributed by atoms with Gasteiger partial charge in [0.15, 0.2) is 0 Å². The molecule has 0 aliphatic rings. The second-order valence-corrected chi connectivity index (χ2v) is 6.44. The number of carbonyl (C=O) groups excluding carboxylic acids is 2. The number of carbonyl (C=O) groups is 2. The van der Waals surface area contributed by atoms with Crippen LogP contribution >= 0.6 is 0 Å². The van der Waals surface area contributed by atoms with E-state index >= 15 is 0 Å². The molecule has 0 radical (unpaired) electrons. The summed E-state index contributed by atoms with van der Waals surface area (Å²) in [6.07, 6.45) is 1.59. The Morgan fingerprint density at radius 2 is 1.67 bits per heavy atom. The highest BCUT2D eigenvalue weighted by molar-refractivity contribution is 5.88. The number of nitrogens with one attached hydrogen (secondary N) is 1. The molecule has 0 aliphatic carbocycles. The van der Waals surface area contributed by atoms with Gasteiger partial charge in [0.2, 0.25) is 11.8 Å². The van der Waals surface area contributed by atoms with Crippen molar-refractivity contribution in [3.8, 4) is 0 Å². The van der Waals surface area contributed by atoms with E-state index in [9.17, 15) is 9.59 Å². The maximum atomic E-state index is 13.0. The van der Waals surface area contributed by atoms with Crippen molar-refractivity contribution in [2.24, 2.45) is 0 Å². The first kappa shape index (κ1) is 20.6. The van der Waals surface area contributed by atoms with E-state index in [4.69, 9.17) is 5.11 Å². The van der Waals surface area contributed by atoms with Crippen molar-refractivity contribution < 1.29 is 14.7 Å². The molecule has 0 saturated carbocycles. The van der Waals surface area contributed by atoms with E-state index in [0.29, 0.717) is 25.9 Å². The Hall–Kier alpha value is -2.66. The van der Waals surface area contributed by atoms with Gasteiger partial charge < -0.3 is 15.3 Å². The average molecular weight is 368 g/mol. The monoisotopic (exact) mass is 368 g/mol. The van der Waals surface area contributed by atoms with Gasteiger partial charge in [-0.3, -0.25) is 9.59 Å². The predicted octanol–water partition coefficient (Wildman–Crippen LogP) is 3.06. The first-order valence-corrected chi connectivity index (χ1v) is 9.44. The minimum atomic E-state index is -0.704. The van der Waals surface area contributed by atoms with E-state index in [1.165, 1.54) is 0 Å². The van der Waals surface area contributed by atoms with Crippen LogP contribution in [0, 0.1) is 0 Å². The fourth-order valence-electron chi connectivity index (χ4n) is 2.96. The molecule has 2 amide bonds. The number of aliphatic hydroxyl groups excluding tert-OH is 1. The number of aliphatic hydroxyl groups is 1. The van der Waals surface area contributed by atoms with Gasteiger partial charge in [-0.25, -0.2) is 0 Å². The van der Waals surface area contributed by atoms with Gasteiger partial charge in [0.1, 0.15) is 6.04 Å². The molecule has 0 heterocycles. The predicted molar refractivity (Wildman–Crippen MR) is 106 cm³/mol. The topological polar surface area (TPSA) is 69.6 Å². The highest BCUT2D eigenvalue weighted by Gasteiger charge is 2.30. The Balaban J connectivity index is 2.35. The number of nitrogens with zero attached hydrogens (tertiary/aromatic N) is 1. The standard InChI is InChI=1S/C22H28N2O3/c1-2-10-20(26)24(17-18-11-5-3-6-12-18)21(19-13-7-4-8-14-19)22(27)23-15-9-16-25/h3-8,11-14,21,25H,2,9-10,15-17H2,1H3,(H,23,27). The van der Waals surface area contributed by atoms with E-state index in [-0.39, 0.29) is 18.4 Å². The lowest BCUT2D eigenvalue weighted by molar-refractivity contribution is -0.141. The summed E-state index contributed by atoms with van der Waals surface area (Å²) in [5.74, 6) is -0.275. The third kappa shape index (κ3) is 6.22. The molecule has 2 rings (SSSR count). The Labute approximate surface area is 161 Å². The third-order valence-corrected chi connectivity index (χ3v) is 4.29. The van der Waals surface area contributed by atoms with Crippen LogP contribution in [0.25, 0.3) is 0 Å². The van der Waals surface area contributed by atoms with Crippen molar-refractivity contribution in [3.63, 3.8) is 0 Å². The zero-order valence-electron chi connectivity index (χ0n) is 15.8. The van der Waals surface area contributed by atoms with Crippen LogP contribution < -0.4 is 5.32 Å². The fourth-order valence-corrected chi connectivity index (χ4v) is 2.96. The number of hydrogen-bond donors (Lipinski definition) is 2. The number of hydrogen-bond acceptors (Lipinski definition) is 3. The zero-order chi connectivity index (χ0) is 19.5. The molecule has 0 aliphatic heterocycles. The maximum absolute atomic E-state index is 13.0. The molecular formula is C22H28N2O3. The van der Waals surface area contributed by atoms with Crippen molar-refractivity contribution in [2.45, 2.75) is 38.8 Å². The normalized spacial score (nSPS) is 11.6. The Bertz CT molecular complexity index is 704. The number of rotatable bonds is 10. The number of amides is 2. The van der Waals surface area contributed by atoms with Gasteiger partial charge in [-0.05, 0) is 24.0 Å². The highest BCUT2D eigenvalue weighted by atomic mass is 16.3. The summed E-state index contributed by atoms with van der Waals surface area (Å²) in [5, 5.41) is 11.8. The van der Waals surface area contributed by atoms with Crippen molar-refractivity contribution in [1.82, 2.24) is 10.2 Å². The Morgan fingerprint density at radius 1 is 1.04 bits per heavy atom. The molecule has 2 aromatic rings. The van der Waals surface area contributed by atoms with Gasteiger partial charge in [-0.15, -0.1) is 0 Å². The molecule has 1 atom stereocenters. The smallest absolute Gasteiger partial charge is 0.247 e. The molecule has 0 aromatic heterocycles. The molecule has 5 nitrogen and oxygen atoms in total. The van der Waals surface area contributed by atoms with Crippen molar-refractivity contribution in [2.75, 3.05) is 13.2 Å². The minimum Gasteiger partial charge on any atom is -0.396 e. The maximum Gasteiger partial charge on any atom is 0.247 e. The Kier molecular flexibility index (Phi) is 8.52. The summed E-state index contributed by atoms with van der Waals surface area (Å²) in [6, 6.07) is 18.4. The molecule has 0 spiro atoms. The van der Waals surface area contributed by atoms with E-state index in [1.807, 2.05) is 67.6 Å². The molecule has 1 unspecified atom stereocenters. The summed E-state index contributed by atoms with van der Waals surface area (Å²) in [7, 11) is 0. The first-order valence-electron chi connectivity index (χ1n) is 9.44. The summed E-state index contributed by atoms with van der Waals surface area (Å²) in [5.41, 5.74) is 1.76. The van der Waals surface area contributed by atoms with Crippen LogP contribution in [0.2, 0.25) is 0 Å². The summed E-state index contributed by atoms with van der Waals surface area (Å²) >= 11 is 0. The molecule has 5 heteroatoms. The Morgan fingerprint density at radius 3 is 2.26 bits per heavy atom. The summed E-state index contributed by atoms with van der Waals surface area (Å²) in [6.45, 7) is 2.71. The van der Waals surface area contributed by atoms with E-state index in [2.05, 4.69) is 5.32 Å². The van der Waals surface area contributed by atoms with E-state index < -0.39 is 6.04 Å². The van der Waals surface area contributed by atoms with Crippen LogP contribution in [0.3, 0.4) is 0 Å². The second-order valence-electron chi connectivity index (χ2n) is 6.44. The molecular weight excluding hydrogens is 340 g/mol. The molecule has 0 saturated heterocycles. The number of benzene rings is 2. The first-order chi connectivity index (χ1) is 13.2. The SMILES string of the molecule is CCCC(=O)N(Cc1ccccc1)C(C(=O)NCCCO)c1ccccc1. The molecule has 27 heavy (non-hydrogen) atoms. The quantitative estimate of drug-likeness (QED) is 0.633. The van der Waals surface area contributed by atoms with E-state index in [1.54, 1.807) is 4.90 Å². The average Bonchev–Trinajstić information content (AvgIpc) is 2.69. The van der Waals surface area contributed by atoms with Gasteiger partial charge in [0.05, 0.1) is 0 Å². The van der Waals surface area contributed by atoms with E-state index in [0.717, 1.165) is 17.5 Å².